The van der Waals surface area contributed by atoms with Crippen molar-refractivity contribution in [3.05, 3.63) is 48.1 Å². The van der Waals surface area contributed by atoms with Crippen LogP contribution in [0.25, 0.3) is 5.65 Å². The summed E-state index contributed by atoms with van der Waals surface area (Å²) in [6.45, 7) is 9.27. The van der Waals surface area contributed by atoms with E-state index in [2.05, 4.69) is 40.7 Å². The summed E-state index contributed by atoms with van der Waals surface area (Å²) in [6, 6.07) is 6.50. The lowest BCUT2D eigenvalue weighted by atomic mass is 9.77. The highest BCUT2D eigenvalue weighted by Crippen LogP contribution is 2.37. The third-order valence-electron chi connectivity index (χ3n) is 5.20. The molecule has 5 heteroatoms. The molecule has 1 aliphatic carbocycles. The Kier molecular flexibility index (Phi) is 4.52. The first kappa shape index (κ1) is 16.6. The molecule has 0 bridgehead atoms. The van der Waals surface area contributed by atoms with Crippen molar-refractivity contribution in [3.8, 4) is 0 Å². The summed E-state index contributed by atoms with van der Waals surface area (Å²) in [5, 5.41) is 3.71. The standard InChI is InChI=1S/C20H28N4O/c1-20(2)12-16(11-18(13-20)23-7-9-25-10-8-23)21-14-17-15-24-6-4-3-5-19(24)22-17/h3-6,11,15-16,21H,7-10,12-14H2,1-2H3. The van der Waals surface area contributed by atoms with E-state index in [0.29, 0.717) is 11.5 Å². The Labute approximate surface area is 149 Å². The van der Waals surface area contributed by atoms with E-state index in [-0.39, 0.29) is 0 Å². The van der Waals surface area contributed by atoms with Crippen LogP contribution in [0.2, 0.25) is 0 Å². The van der Waals surface area contributed by atoms with Gasteiger partial charge in [0.25, 0.3) is 0 Å². The number of morpholine rings is 1. The van der Waals surface area contributed by atoms with E-state index in [1.54, 1.807) is 0 Å². The van der Waals surface area contributed by atoms with Crippen LogP contribution in [0.3, 0.4) is 0 Å². The van der Waals surface area contributed by atoms with Crippen LogP contribution in [0.15, 0.2) is 42.4 Å². The van der Waals surface area contributed by atoms with Crippen molar-refractivity contribution in [1.29, 1.82) is 0 Å². The van der Waals surface area contributed by atoms with Gasteiger partial charge in [-0.3, -0.25) is 0 Å². The van der Waals surface area contributed by atoms with Crippen molar-refractivity contribution in [2.24, 2.45) is 5.41 Å². The molecule has 4 rings (SSSR count). The maximum atomic E-state index is 5.51. The molecule has 2 aromatic rings. The number of rotatable bonds is 4. The van der Waals surface area contributed by atoms with Gasteiger partial charge in [-0.2, -0.15) is 0 Å². The maximum Gasteiger partial charge on any atom is 0.137 e. The molecule has 0 amide bonds. The second-order valence-corrected chi connectivity index (χ2v) is 7.99. The van der Waals surface area contributed by atoms with E-state index in [1.807, 2.05) is 24.4 Å². The topological polar surface area (TPSA) is 41.8 Å². The molecule has 1 atom stereocenters. The summed E-state index contributed by atoms with van der Waals surface area (Å²) >= 11 is 0. The van der Waals surface area contributed by atoms with Crippen LogP contribution >= 0.6 is 0 Å². The monoisotopic (exact) mass is 340 g/mol. The smallest absolute Gasteiger partial charge is 0.137 e. The van der Waals surface area contributed by atoms with Gasteiger partial charge in [-0.15, -0.1) is 0 Å². The van der Waals surface area contributed by atoms with Gasteiger partial charge in [0.2, 0.25) is 0 Å². The fraction of sp³-hybridized carbons (Fsp3) is 0.550. The van der Waals surface area contributed by atoms with E-state index in [9.17, 15) is 0 Å². The second-order valence-electron chi connectivity index (χ2n) is 7.99. The van der Waals surface area contributed by atoms with E-state index < -0.39 is 0 Å². The summed E-state index contributed by atoms with van der Waals surface area (Å²) in [7, 11) is 0. The zero-order valence-electron chi connectivity index (χ0n) is 15.2. The molecular formula is C20H28N4O. The minimum absolute atomic E-state index is 0.318. The van der Waals surface area contributed by atoms with Gasteiger partial charge >= 0.3 is 0 Å². The fourth-order valence-corrected chi connectivity index (χ4v) is 4.01. The summed E-state index contributed by atoms with van der Waals surface area (Å²) in [4.78, 5) is 7.20. The summed E-state index contributed by atoms with van der Waals surface area (Å²) in [5.41, 5.74) is 3.90. The Morgan fingerprint density at radius 3 is 2.92 bits per heavy atom. The molecule has 0 spiro atoms. The molecule has 5 nitrogen and oxygen atoms in total. The lowest BCUT2D eigenvalue weighted by molar-refractivity contribution is 0.0469. The number of pyridine rings is 1. The van der Waals surface area contributed by atoms with Crippen LogP contribution in [-0.4, -0.2) is 46.6 Å². The average molecular weight is 340 g/mol. The molecule has 1 unspecified atom stereocenters. The van der Waals surface area contributed by atoms with E-state index in [4.69, 9.17) is 9.72 Å². The molecule has 2 aliphatic rings. The molecular weight excluding hydrogens is 312 g/mol. The predicted octanol–water partition coefficient (Wildman–Crippen LogP) is 2.83. The molecule has 25 heavy (non-hydrogen) atoms. The normalized spacial score (nSPS) is 23.7. The Hall–Kier alpha value is -1.85. The SMILES string of the molecule is CC1(C)CC(N2CCOCC2)=CC(NCc2cn3ccccc3n2)C1. The van der Waals surface area contributed by atoms with Gasteiger partial charge < -0.3 is 19.4 Å². The summed E-state index contributed by atoms with van der Waals surface area (Å²) in [6.07, 6.45) is 8.91. The van der Waals surface area contributed by atoms with Crippen LogP contribution in [0.4, 0.5) is 0 Å². The van der Waals surface area contributed by atoms with Crippen LogP contribution in [-0.2, 0) is 11.3 Å². The van der Waals surface area contributed by atoms with Crippen molar-refractivity contribution in [3.63, 3.8) is 0 Å². The van der Waals surface area contributed by atoms with Crippen LogP contribution < -0.4 is 5.32 Å². The molecule has 2 aromatic heterocycles. The molecule has 1 N–H and O–H groups in total. The fourth-order valence-electron chi connectivity index (χ4n) is 4.01. The van der Waals surface area contributed by atoms with Gasteiger partial charge in [0.1, 0.15) is 5.65 Å². The number of fused-ring (bicyclic) bond motifs is 1. The third-order valence-corrected chi connectivity index (χ3v) is 5.20. The lowest BCUT2D eigenvalue weighted by Crippen LogP contribution is -2.42. The Bertz CT molecular complexity index is 725. The first-order valence-electron chi connectivity index (χ1n) is 9.28. The van der Waals surface area contributed by atoms with Crippen LogP contribution in [0.5, 0.6) is 0 Å². The van der Waals surface area contributed by atoms with Gasteiger partial charge in [0, 0.05) is 43.8 Å². The van der Waals surface area contributed by atoms with Gasteiger partial charge in [0.05, 0.1) is 18.9 Å². The van der Waals surface area contributed by atoms with Gasteiger partial charge in [0.15, 0.2) is 0 Å². The minimum atomic E-state index is 0.318. The highest BCUT2D eigenvalue weighted by Gasteiger charge is 2.31. The first-order valence-corrected chi connectivity index (χ1v) is 9.28. The number of imidazole rings is 1. The van der Waals surface area contributed by atoms with E-state index >= 15 is 0 Å². The molecule has 1 saturated heterocycles. The van der Waals surface area contributed by atoms with Crippen molar-refractivity contribution >= 4 is 5.65 Å². The van der Waals surface area contributed by atoms with Crippen molar-refractivity contribution in [2.45, 2.75) is 39.3 Å². The molecule has 0 aromatic carbocycles. The van der Waals surface area contributed by atoms with Crippen LogP contribution in [0, 0.1) is 5.41 Å². The summed E-state index contributed by atoms with van der Waals surface area (Å²) in [5.74, 6) is 0. The quantitative estimate of drug-likeness (QED) is 0.929. The minimum Gasteiger partial charge on any atom is -0.378 e. The first-order chi connectivity index (χ1) is 12.1. The predicted molar refractivity (Wildman–Crippen MR) is 99.3 cm³/mol. The van der Waals surface area contributed by atoms with Gasteiger partial charge in [-0.05, 0) is 36.5 Å². The molecule has 1 aliphatic heterocycles. The number of hydrogen-bond donors (Lipinski definition) is 1. The average Bonchev–Trinajstić information content (AvgIpc) is 3.02. The van der Waals surface area contributed by atoms with Gasteiger partial charge in [-0.1, -0.05) is 19.9 Å². The van der Waals surface area contributed by atoms with Gasteiger partial charge in [-0.25, -0.2) is 4.98 Å². The molecule has 0 saturated carbocycles. The van der Waals surface area contributed by atoms with E-state index in [0.717, 1.165) is 57.0 Å². The Morgan fingerprint density at radius 1 is 1.28 bits per heavy atom. The molecule has 1 fully saturated rings. The number of nitrogens with one attached hydrogen (secondary N) is 1. The molecule has 3 heterocycles. The molecule has 134 valence electrons. The number of ether oxygens (including phenoxy) is 1. The zero-order chi connectivity index (χ0) is 17.3. The van der Waals surface area contributed by atoms with Crippen LogP contribution in [0.1, 0.15) is 32.4 Å². The van der Waals surface area contributed by atoms with E-state index in [1.165, 1.54) is 5.70 Å². The van der Waals surface area contributed by atoms with Crippen molar-refractivity contribution in [2.75, 3.05) is 26.3 Å². The second kappa shape index (κ2) is 6.81. The number of nitrogens with zero attached hydrogens (tertiary/aromatic N) is 3. The lowest BCUT2D eigenvalue weighted by Gasteiger charge is -2.41. The highest BCUT2D eigenvalue weighted by molar-refractivity contribution is 5.39. The highest BCUT2D eigenvalue weighted by atomic mass is 16.5. The van der Waals surface area contributed by atoms with Crippen molar-refractivity contribution in [1.82, 2.24) is 19.6 Å². The largest absolute Gasteiger partial charge is 0.378 e. The summed E-state index contributed by atoms with van der Waals surface area (Å²) < 4.78 is 7.59. The molecule has 0 radical (unpaired) electrons. The third kappa shape index (κ3) is 3.88. The number of allylic oxidation sites excluding steroid dienone is 1. The Balaban J connectivity index is 1.46. The zero-order valence-corrected chi connectivity index (χ0v) is 15.2. The maximum absolute atomic E-state index is 5.51. The number of aromatic nitrogens is 2. The van der Waals surface area contributed by atoms with Crippen molar-refractivity contribution < 1.29 is 4.74 Å². The Morgan fingerprint density at radius 2 is 2.12 bits per heavy atom. The number of hydrogen-bond acceptors (Lipinski definition) is 4.